The first kappa shape index (κ1) is 19.7. The van der Waals surface area contributed by atoms with Crippen molar-refractivity contribution in [3.63, 3.8) is 0 Å². The summed E-state index contributed by atoms with van der Waals surface area (Å²) in [5.41, 5.74) is 2.53. The van der Waals surface area contributed by atoms with Gasteiger partial charge in [0.05, 0.1) is 26.4 Å². The zero-order valence-corrected chi connectivity index (χ0v) is 16.8. The number of nitrogens with zero attached hydrogens (tertiary/aromatic N) is 2. The molecule has 1 fully saturated rings. The van der Waals surface area contributed by atoms with Crippen LogP contribution in [0.5, 0.6) is 5.75 Å². The molecule has 1 aliphatic rings. The van der Waals surface area contributed by atoms with Gasteiger partial charge >= 0.3 is 0 Å². The van der Waals surface area contributed by atoms with Crippen LogP contribution in [0.25, 0.3) is 0 Å². The van der Waals surface area contributed by atoms with Crippen molar-refractivity contribution < 1.29 is 9.47 Å². The molecule has 1 aromatic heterocycles. The topological polar surface area (TPSA) is 58.1 Å². The minimum atomic E-state index is 0.250. The molecule has 1 unspecified atom stereocenters. The van der Waals surface area contributed by atoms with E-state index < -0.39 is 0 Å². The summed E-state index contributed by atoms with van der Waals surface area (Å²) < 4.78 is 10.8. The molecule has 7 heteroatoms. The van der Waals surface area contributed by atoms with E-state index in [2.05, 4.69) is 49.5 Å². The van der Waals surface area contributed by atoms with E-state index in [1.807, 2.05) is 12.1 Å². The number of aliphatic imine (C=N–C) groups is 1. The van der Waals surface area contributed by atoms with Gasteiger partial charge in [-0.1, -0.05) is 12.1 Å². The molecule has 0 bridgehead atoms. The van der Waals surface area contributed by atoms with Gasteiger partial charge in [0.2, 0.25) is 0 Å². The Balaban J connectivity index is 1.64. The molecule has 146 valence electrons. The Labute approximate surface area is 165 Å². The van der Waals surface area contributed by atoms with Gasteiger partial charge in [-0.15, -0.1) is 0 Å². The predicted molar refractivity (Wildman–Crippen MR) is 111 cm³/mol. The van der Waals surface area contributed by atoms with Gasteiger partial charge in [-0.2, -0.15) is 11.3 Å². The highest BCUT2D eigenvalue weighted by Gasteiger charge is 2.23. The third kappa shape index (κ3) is 5.69. The van der Waals surface area contributed by atoms with Crippen molar-refractivity contribution in [2.45, 2.75) is 12.6 Å². The minimum absolute atomic E-state index is 0.250. The molecule has 2 N–H and O–H groups in total. The lowest BCUT2D eigenvalue weighted by molar-refractivity contribution is 0.0170. The van der Waals surface area contributed by atoms with E-state index in [1.54, 1.807) is 25.5 Å². The Kier molecular flexibility index (Phi) is 7.50. The van der Waals surface area contributed by atoms with Crippen molar-refractivity contribution >= 4 is 17.3 Å². The fourth-order valence-corrected chi connectivity index (χ4v) is 3.83. The second kappa shape index (κ2) is 10.3. The number of ether oxygens (including phenoxy) is 2. The molecule has 0 aliphatic carbocycles. The summed E-state index contributed by atoms with van der Waals surface area (Å²) in [7, 11) is 3.50. The van der Waals surface area contributed by atoms with Gasteiger partial charge in [0.1, 0.15) is 5.75 Å². The molecule has 0 saturated carbocycles. The highest BCUT2D eigenvalue weighted by atomic mass is 32.1. The van der Waals surface area contributed by atoms with Crippen LogP contribution < -0.4 is 15.4 Å². The first-order valence-electron chi connectivity index (χ1n) is 9.21. The van der Waals surface area contributed by atoms with Crippen molar-refractivity contribution in [3.05, 3.63) is 52.2 Å². The maximum Gasteiger partial charge on any atom is 0.191 e. The summed E-state index contributed by atoms with van der Waals surface area (Å²) in [4.78, 5) is 6.82. The fraction of sp³-hybridized carbons (Fsp3) is 0.450. The molecule has 27 heavy (non-hydrogen) atoms. The zero-order valence-electron chi connectivity index (χ0n) is 16.0. The van der Waals surface area contributed by atoms with Crippen LogP contribution in [-0.4, -0.2) is 57.9 Å². The number of methoxy groups -OCH3 is 1. The van der Waals surface area contributed by atoms with Gasteiger partial charge in [-0.25, -0.2) is 0 Å². The summed E-state index contributed by atoms with van der Waals surface area (Å²) in [6.45, 7) is 4.96. The number of hydrogen-bond donors (Lipinski definition) is 2. The lowest BCUT2D eigenvalue weighted by Crippen LogP contribution is -2.46. The monoisotopic (exact) mass is 388 g/mol. The first-order valence-corrected chi connectivity index (χ1v) is 10.2. The normalized spacial score (nSPS) is 16.7. The van der Waals surface area contributed by atoms with Crippen molar-refractivity contribution in [2.75, 3.05) is 47.0 Å². The van der Waals surface area contributed by atoms with Crippen LogP contribution in [0.2, 0.25) is 0 Å². The first-order chi connectivity index (χ1) is 13.3. The predicted octanol–water partition coefficient (Wildman–Crippen LogP) is 2.50. The molecular formula is C20H28N4O2S. The maximum atomic E-state index is 5.53. The molecular weight excluding hydrogens is 360 g/mol. The van der Waals surface area contributed by atoms with Crippen LogP contribution in [0.3, 0.4) is 0 Å². The summed E-state index contributed by atoms with van der Waals surface area (Å²) in [5.74, 6) is 1.69. The van der Waals surface area contributed by atoms with Gasteiger partial charge in [0.15, 0.2) is 5.96 Å². The van der Waals surface area contributed by atoms with Gasteiger partial charge in [-0.05, 0) is 40.1 Å². The zero-order chi connectivity index (χ0) is 18.9. The number of morpholine rings is 1. The third-order valence-electron chi connectivity index (χ3n) is 4.71. The summed E-state index contributed by atoms with van der Waals surface area (Å²) in [6, 6.07) is 10.7. The van der Waals surface area contributed by atoms with Crippen LogP contribution >= 0.6 is 11.3 Å². The van der Waals surface area contributed by atoms with E-state index in [0.717, 1.165) is 51.1 Å². The SMILES string of the molecule is CN=C(NCc1ccsc1)NCC(c1ccc(OC)cc1)N1CCOCC1. The van der Waals surface area contributed by atoms with E-state index in [0.29, 0.717) is 0 Å². The minimum Gasteiger partial charge on any atom is -0.497 e. The molecule has 2 heterocycles. The molecule has 6 nitrogen and oxygen atoms in total. The molecule has 0 spiro atoms. The number of hydrogen-bond acceptors (Lipinski definition) is 5. The summed E-state index contributed by atoms with van der Waals surface area (Å²) in [6.07, 6.45) is 0. The van der Waals surface area contributed by atoms with E-state index in [4.69, 9.17) is 9.47 Å². The van der Waals surface area contributed by atoms with Gasteiger partial charge < -0.3 is 20.1 Å². The Bertz CT molecular complexity index is 697. The molecule has 2 aromatic rings. The fourth-order valence-electron chi connectivity index (χ4n) is 3.17. The standard InChI is InChI=1S/C20H28N4O2S/c1-21-20(22-13-16-7-12-27-15-16)23-14-19(24-8-10-26-11-9-24)17-3-5-18(25-2)6-4-17/h3-7,12,15,19H,8-11,13-14H2,1-2H3,(H2,21,22,23). The van der Waals surface area contributed by atoms with E-state index in [-0.39, 0.29) is 6.04 Å². The lowest BCUT2D eigenvalue weighted by atomic mass is 10.0. The third-order valence-corrected chi connectivity index (χ3v) is 5.45. The maximum absolute atomic E-state index is 5.53. The average Bonchev–Trinajstić information content (AvgIpc) is 3.25. The second-order valence-corrected chi connectivity index (χ2v) is 7.16. The second-order valence-electron chi connectivity index (χ2n) is 6.38. The Morgan fingerprint density at radius 1 is 1.22 bits per heavy atom. The molecule has 0 radical (unpaired) electrons. The number of nitrogens with one attached hydrogen (secondary N) is 2. The quantitative estimate of drug-likeness (QED) is 0.564. The van der Waals surface area contributed by atoms with Crippen molar-refractivity contribution in [2.24, 2.45) is 4.99 Å². The lowest BCUT2D eigenvalue weighted by Gasteiger charge is -2.35. The van der Waals surface area contributed by atoms with Crippen LogP contribution in [0.1, 0.15) is 17.2 Å². The molecule has 1 aliphatic heterocycles. The number of thiophene rings is 1. The molecule has 1 saturated heterocycles. The average molecular weight is 389 g/mol. The Morgan fingerprint density at radius 2 is 2.00 bits per heavy atom. The van der Waals surface area contributed by atoms with Gasteiger partial charge in [-0.3, -0.25) is 9.89 Å². The van der Waals surface area contributed by atoms with Crippen molar-refractivity contribution in [1.82, 2.24) is 15.5 Å². The largest absolute Gasteiger partial charge is 0.497 e. The van der Waals surface area contributed by atoms with Crippen LogP contribution in [0.4, 0.5) is 0 Å². The van der Waals surface area contributed by atoms with E-state index >= 15 is 0 Å². The highest BCUT2D eigenvalue weighted by Crippen LogP contribution is 2.23. The highest BCUT2D eigenvalue weighted by molar-refractivity contribution is 7.07. The van der Waals surface area contributed by atoms with Gasteiger partial charge in [0, 0.05) is 33.2 Å². The van der Waals surface area contributed by atoms with Crippen LogP contribution in [0.15, 0.2) is 46.1 Å². The smallest absolute Gasteiger partial charge is 0.191 e. The van der Waals surface area contributed by atoms with Crippen molar-refractivity contribution in [3.8, 4) is 5.75 Å². The Hall–Kier alpha value is -2.09. The van der Waals surface area contributed by atoms with Crippen molar-refractivity contribution in [1.29, 1.82) is 0 Å². The van der Waals surface area contributed by atoms with Gasteiger partial charge in [0.25, 0.3) is 0 Å². The molecule has 0 amide bonds. The summed E-state index contributed by atoms with van der Waals surface area (Å²) in [5, 5.41) is 11.1. The molecule has 1 aromatic carbocycles. The van der Waals surface area contributed by atoms with Crippen LogP contribution in [-0.2, 0) is 11.3 Å². The van der Waals surface area contributed by atoms with E-state index in [9.17, 15) is 0 Å². The molecule has 3 rings (SSSR count). The number of rotatable bonds is 7. The number of benzene rings is 1. The number of guanidine groups is 1. The van der Waals surface area contributed by atoms with E-state index in [1.165, 1.54) is 11.1 Å². The van der Waals surface area contributed by atoms with Crippen LogP contribution in [0, 0.1) is 0 Å². The Morgan fingerprint density at radius 3 is 2.63 bits per heavy atom. The molecule has 1 atom stereocenters. The summed E-state index contributed by atoms with van der Waals surface area (Å²) >= 11 is 1.71.